The number of benzene rings is 3. The number of hydrogen-bond acceptors (Lipinski definition) is 3. The van der Waals surface area contributed by atoms with Crippen molar-refractivity contribution in [3.63, 3.8) is 0 Å². The van der Waals surface area contributed by atoms with Gasteiger partial charge in [0.15, 0.2) is 0 Å². The lowest BCUT2D eigenvalue weighted by Gasteiger charge is -2.30. The summed E-state index contributed by atoms with van der Waals surface area (Å²) in [6.45, 7) is 2.68. The van der Waals surface area contributed by atoms with Crippen molar-refractivity contribution in [2.75, 3.05) is 13.1 Å². The molecule has 0 spiro atoms. The fraction of sp³-hybridized carbons (Fsp3) is 0.269. The number of fused-ring (bicyclic) bond motifs is 1. The molecule has 0 aliphatic carbocycles. The quantitative estimate of drug-likeness (QED) is 0.593. The van der Waals surface area contributed by atoms with E-state index in [1.165, 1.54) is 15.1 Å². The van der Waals surface area contributed by atoms with Crippen molar-refractivity contribution < 1.29 is 13.2 Å². The molecule has 0 bridgehead atoms. The maximum absolute atomic E-state index is 12.8. The van der Waals surface area contributed by atoms with Crippen LogP contribution >= 0.6 is 0 Å². The highest BCUT2D eigenvalue weighted by atomic mass is 32.2. The molecular formula is C26H28N2O3S. The van der Waals surface area contributed by atoms with E-state index in [0.717, 1.165) is 16.5 Å². The van der Waals surface area contributed by atoms with Crippen LogP contribution in [-0.2, 0) is 14.8 Å². The molecule has 5 nitrogen and oxygen atoms in total. The van der Waals surface area contributed by atoms with E-state index in [2.05, 4.69) is 29.6 Å². The molecule has 0 saturated carbocycles. The highest BCUT2D eigenvalue weighted by Gasteiger charge is 2.30. The summed E-state index contributed by atoms with van der Waals surface area (Å²) in [5.41, 5.74) is 1.90. The number of carbonyl (C=O) groups is 1. The van der Waals surface area contributed by atoms with Crippen LogP contribution in [0.2, 0.25) is 0 Å². The normalized spacial score (nSPS) is 16.9. The number of hydrogen-bond donors (Lipinski definition) is 1. The van der Waals surface area contributed by atoms with E-state index in [1.54, 1.807) is 6.08 Å². The molecule has 1 amide bonds. The molecular weight excluding hydrogens is 420 g/mol. The summed E-state index contributed by atoms with van der Waals surface area (Å²) in [4.78, 5) is 12.8. The molecule has 4 rings (SSSR count). The molecule has 0 aromatic heterocycles. The van der Waals surface area contributed by atoms with Gasteiger partial charge in [0.1, 0.15) is 0 Å². The van der Waals surface area contributed by atoms with Gasteiger partial charge < -0.3 is 5.32 Å². The number of sulfonamides is 1. The molecule has 3 aromatic rings. The van der Waals surface area contributed by atoms with Crippen molar-refractivity contribution in [1.29, 1.82) is 0 Å². The molecule has 1 saturated heterocycles. The summed E-state index contributed by atoms with van der Waals surface area (Å²) in [5, 5.41) is 6.68. The largest absolute Gasteiger partial charge is 0.349 e. The van der Waals surface area contributed by atoms with Crippen LogP contribution in [0.1, 0.15) is 36.9 Å². The SMILES string of the molecule is CC(NC(=O)C1CCN(S(=O)(=O)/C=C/c2ccccc2)CC1)c1ccc2ccccc2c1. The van der Waals surface area contributed by atoms with Crippen LogP contribution in [0.25, 0.3) is 16.8 Å². The van der Waals surface area contributed by atoms with Crippen LogP contribution in [0.15, 0.2) is 78.2 Å². The van der Waals surface area contributed by atoms with Gasteiger partial charge in [-0.05, 0) is 53.8 Å². The van der Waals surface area contributed by atoms with Gasteiger partial charge in [0.05, 0.1) is 6.04 Å². The molecule has 1 atom stereocenters. The van der Waals surface area contributed by atoms with Crippen LogP contribution in [-0.4, -0.2) is 31.7 Å². The first-order valence-electron chi connectivity index (χ1n) is 10.9. The second-order valence-corrected chi connectivity index (χ2v) is 10.1. The number of piperidine rings is 1. The minimum Gasteiger partial charge on any atom is -0.349 e. The monoisotopic (exact) mass is 448 g/mol. The van der Waals surface area contributed by atoms with Crippen molar-refractivity contribution >= 4 is 32.8 Å². The average Bonchev–Trinajstić information content (AvgIpc) is 2.83. The Labute approximate surface area is 189 Å². The first kappa shape index (κ1) is 22.2. The first-order chi connectivity index (χ1) is 15.4. The summed E-state index contributed by atoms with van der Waals surface area (Å²) in [7, 11) is -3.50. The van der Waals surface area contributed by atoms with Crippen molar-refractivity contribution in [3.05, 3.63) is 89.3 Å². The maximum Gasteiger partial charge on any atom is 0.236 e. The molecule has 3 aromatic carbocycles. The van der Waals surface area contributed by atoms with E-state index in [0.29, 0.717) is 25.9 Å². The van der Waals surface area contributed by atoms with Crippen molar-refractivity contribution in [1.82, 2.24) is 9.62 Å². The number of carbonyl (C=O) groups excluding carboxylic acids is 1. The van der Waals surface area contributed by atoms with Crippen LogP contribution < -0.4 is 5.32 Å². The fourth-order valence-corrected chi connectivity index (χ4v) is 5.30. The van der Waals surface area contributed by atoms with E-state index < -0.39 is 10.0 Å². The predicted molar refractivity (Wildman–Crippen MR) is 129 cm³/mol. The topological polar surface area (TPSA) is 66.5 Å². The third kappa shape index (κ3) is 5.26. The van der Waals surface area contributed by atoms with Crippen molar-refractivity contribution in [2.24, 2.45) is 5.92 Å². The lowest BCUT2D eigenvalue weighted by atomic mass is 9.96. The third-order valence-electron chi connectivity index (χ3n) is 6.05. The van der Waals surface area contributed by atoms with Gasteiger partial charge in [-0.3, -0.25) is 4.79 Å². The summed E-state index contributed by atoms with van der Waals surface area (Å²) >= 11 is 0. The molecule has 1 heterocycles. The van der Waals surface area contributed by atoms with Gasteiger partial charge in [-0.2, -0.15) is 4.31 Å². The Kier molecular flexibility index (Phi) is 6.72. The molecule has 6 heteroatoms. The summed E-state index contributed by atoms with van der Waals surface area (Å²) in [5.74, 6) is -0.190. The van der Waals surface area contributed by atoms with Gasteiger partial charge >= 0.3 is 0 Å². The minimum atomic E-state index is -3.50. The maximum atomic E-state index is 12.8. The third-order valence-corrected chi connectivity index (χ3v) is 7.61. The molecule has 1 N–H and O–H groups in total. The number of nitrogens with one attached hydrogen (secondary N) is 1. The Morgan fingerprint density at radius 2 is 1.62 bits per heavy atom. The van der Waals surface area contributed by atoms with Crippen LogP contribution in [0.5, 0.6) is 0 Å². The lowest BCUT2D eigenvalue weighted by Crippen LogP contribution is -2.42. The Morgan fingerprint density at radius 1 is 0.969 bits per heavy atom. The summed E-state index contributed by atoms with van der Waals surface area (Å²) in [6, 6.07) is 23.6. The molecule has 166 valence electrons. The van der Waals surface area contributed by atoms with Gasteiger partial charge in [0, 0.05) is 24.4 Å². The van der Waals surface area contributed by atoms with Crippen molar-refractivity contribution in [2.45, 2.75) is 25.8 Å². The second-order valence-electron chi connectivity index (χ2n) is 8.27. The van der Waals surface area contributed by atoms with E-state index >= 15 is 0 Å². The lowest BCUT2D eigenvalue weighted by molar-refractivity contribution is -0.126. The predicted octanol–water partition coefficient (Wildman–Crippen LogP) is 4.73. The number of rotatable bonds is 6. The van der Waals surface area contributed by atoms with E-state index in [9.17, 15) is 13.2 Å². The van der Waals surface area contributed by atoms with E-state index in [1.807, 2.05) is 55.5 Å². The zero-order chi connectivity index (χ0) is 22.6. The zero-order valence-electron chi connectivity index (χ0n) is 18.1. The Morgan fingerprint density at radius 3 is 2.34 bits per heavy atom. The van der Waals surface area contributed by atoms with Gasteiger partial charge in [-0.25, -0.2) is 8.42 Å². The summed E-state index contributed by atoms with van der Waals surface area (Å²) < 4.78 is 26.7. The molecule has 1 fully saturated rings. The average molecular weight is 449 g/mol. The van der Waals surface area contributed by atoms with E-state index in [4.69, 9.17) is 0 Å². The van der Waals surface area contributed by atoms with Gasteiger partial charge in [-0.15, -0.1) is 0 Å². The minimum absolute atomic E-state index is 0.0115. The Bertz CT molecular complexity index is 1210. The van der Waals surface area contributed by atoms with Gasteiger partial charge in [-0.1, -0.05) is 66.7 Å². The summed E-state index contributed by atoms with van der Waals surface area (Å²) in [6.07, 6.45) is 2.66. The number of nitrogens with zero attached hydrogens (tertiary/aromatic N) is 1. The number of amides is 1. The molecule has 1 aliphatic rings. The smallest absolute Gasteiger partial charge is 0.236 e. The highest BCUT2D eigenvalue weighted by Crippen LogP contribution is 2.24. The molecule has 1 aliphatic heterocycles. The van der Waals surface area contributed by atoms with Crippen LogP contribution in [0, 0.1) is 5.92 Å². The Balaban J connectivity index is 1.33. The van der Waals surface area contributed by atoms with Crippen LogP contribution in [0.3, 0.4) is 0 Å². The fourth-order valence-electron chi connectivity index (χ4n) is 4.08. The molecule has 0 radical (unpaired) electrons. The molecule has 32 heavy (non-hydrogen) atoms. The van der Waals surface area contributed by atoms with Crippen LogP contribution in [0.4, 0.5) is 0 Å². The van der Waals surface area contributed by atoms with Gasteiger partial charge in [0.25, 0.3) is 0 Å². The Hall–Kier alpha value is -2.96. The van der Waals surface area contributed by atoms with Gasteiger partial charge in [0.2, 0.25) is 15.9 Å². The highest BCUT2D eigenvalue weighted by molar-refractivity contribution is 7.92. The van der Waals surface area contributed by atoms with Crippen molar-refractivity contribution in [3.8, 4) is 0 Å². The molecule has 1 unspecified atom stereocenters. The van der Waals surface area contributed by atoms with E-state index in [-0.39, 0.29) is 17.9 Å². The zero-order valence-corrected chi connectivity index (χ0v) is 19.0. The second kappa shape index (κ2) is 9.67. The standard InChI is InChI=1S/C26H28N2O3S/c1-20(24-12-11-22-9-5-6-10-25(22)19-24)27-26(29)23-13-16-28(17-14-23)32(30,31)18-15-21-7-3-2-4-8-21/h2-12,15,18-20,23H,13-14,16-17H2,1H3,(H,27,29)/b18-15+. The first-order valence-corrected chi connectivity index (χ1v) is 12.4.